The predicted molar refractivity (Wildman–Crippen MR) is 121 cm³/mol. The van der Waals surface area contributed by atoms with Crippen LogP contribution in [-0.4, -0.2) is 36.9 Å². The van der Waals surface area contributed by atoms with E-state index in [9.17, 15) is 4.79 Å². The van der Waals surface area contributed by atoms with E-state index in [4.69, 9.17) is 0 Å². The maximum atomic E-state index is 12.0. The normalized spacial score (nSPS) is 13.4. The summed E-state index contributed by atoms with van der Waals surface area (Å²) in [7, 11) is 1.81. The van der Waals surface area contributed by atoms with Crippen LogP contribution in [0.2, 0.25) is 0 Å². The highest BCUT2D eigenvalue weighted by Crippen LogP contribution is 2.18. The van der Waals surface area contributed by atoms with E-state index in [-0.39, 0.29) is 29.9 Å². The SMILES string of the molecule is CCNC(=O)c1cccc(CNC(=NC)N2CCc3ccccc3C2)c1.I. The number of nitrogens with one attached hydrogen (secondary N) is 2. The Bertz CT molecular complexity index is 806. The quantitative estimate of drug-likeness (QED) is 0.403. The van der Waals surface area contributed by atoms with Gasteiger partial charge in [0.25, 0.3) is 5.91 Å². The second-order valence-corrected chi connectivity index (χ2v) is 6.40. The minimum Gasteiger partial charge on any atom is -0.352 e. The molecular formula is C21H27IN4O. The number of halogens is 1. The van der Waals surface area contributed by atoms with Crippen molar-refractivity contribution >= 4 is 35.8 Å². The number of hydrogen-bond donors (Lipinski definition) is 2. The fraction of sp³-hybridized carbons (Fsp3) is 0.333. The molecular weight excluding hydrogens is 451 g/mol. The number of fused-ring (bicyclic) bond motifs is 1. The van der Waals surface area contributed by atoms with Gasteiger partial charge < -0.3 is 15.5 Å². The third kappa shape index (κ3) is 5.45. The number of aliphatic imine (C=N–C) groups is 1. The second-order valence-electron chi connectivity index (χ2n) is 6.40. The topological polar surface area (TPSA) is 56.7 Å². The lowest BCUT2D eigenvalue weighted by atomic mass is 10.0. The van der Waals surface area contributed by atoms with Crippen LogP contribution in [0.4, 0.5) is 0 Å². The summed E-state index contributed by atoms with van der Waals surface area (Å²) in [5, 5.41) is 6.26. The molecule has 27 heavy (non-hydrogen) atoms. The molecule has 6 heteroatoms. The van der Waals surface area contributed by atoms with Crippen LogP contribution in [-0.2, 0) is 19.5 Å². The molecule has 1 aliphatic rings. The van der Waals surface area contributed by atoms with E-state index in [1.54, 1.807) is 0 Å². The Morgan fingerprint density at radius 2 is 1.89 bits per heavy atom. The van der Waals surface area contributed by atoms with Crippen molar-refractivity contribution < 1.29 is 4.79 Å². The summed E-state index contributed by atoms with van der Waals surface area (Å²) in [6.07, 6.45) is 1.03. The summed E-state index contributed by atoms with van der Waals surface area (Å²) < 4.78 is 0. The molecule has 0 saturated heterocycles. The molecule has 144 valence electrons. The molecule has 1 amide bonds. The van der Waals surface area contributed by atoms with Gasteiger partial charge in [0, 0.05) is 38.8 Å². The zero-order valence-electron chi connectivity index (χ0n) is 15.9. The van der Waals surface area contributed by atoms with Crippen LogP contribution in [0.3, 0.4) is 0 Å². The molecule has 3 rings (SSSR count). The monoisotopic (exact) mass is 478 g/mol. The van der Waals surface area contributed by atoms with Crippen LogP contribution in [0.25, 0.3) is 0 Å². The highest BCUT2D eigenvalue weighted by atomic mass is 127. The molecule has 0 fully saturated rings. The Morgan fingerprint density at radius 3 is 2.63 bits per heavy atom. The minimum absolute atomic E-state index is 0. The second kappa shape index (κ2) is 10.3. The average Bonchev–Trinajstić information content (AvgIpc) is 2.69. The van der Waals surface area contributed by atoms with Gasteiger partial charge in [-0.1, -0.05) is 36.4 Å². The van der Waals surface area contributed by atoms with Crippen molar-refractivity contribution in [1.82, 2.24) is 15.5 Å². The standard InChI is InChI=1S/C21H26N4O.HI/c1-3-23-20(26)18-10-6-7-16(13-18)14-24-21(22-2)25-12-11-17-8-4-5-9-19(17)15-25;/h4-10,13H,3,11-12,14-15H2,1-2H3,(H,22,24)(H,23,26);1H. The van der Waals surface area contributed by atoms with E-state index < -0.39 is 0 Å². The first kappa shape index (κ1) is 21.2. The fourth-order valence-corrected chi connectivity index (χ4v) is 3.28. The molecule has 0 unspecified atom stereocenters. The van der Waals surface area contributed by atoms with Gasteiger partial charge in [-0.2, -0.15) is 0 Å². The van der Waals surface area contributed by atoms with Gasteiger partial charge in [0.15, 0.2) is 5.96 Å². The van der Waals surface area contributed by atoms with Crippen molar-refractivity contribution in [2.45, 2.75) is 26.4 Å². The number of amides is 1. The zero-order valence-corrected chi connectivity index (χ0v) is 18.2. The maximum absolute atomic E-state index is 12.0. The first-order valence-electron chi connectivity index (χ1n) is 9.10. The summed E-state index contributed by atoms with van der Waals surface area (Å²) >= 11 is 0. The molecule has 0 aliphatic carbocycles. The van der Waals surface area contributed by atoms with Crippen LogP contribution in [0.15, 0.2) is 53.5 Å². The molecule has 2 aromatic rings. The summed E-state index contributed by atoms with van der Waals surface area (Å²) in [5.41, 5.74) is 4.54. The molecule has 0 saturated carbocycles. The molecule has 0 atom stereocenters. The number of nitrogens with zero attached hydrogens (tertiary/aromatic N) is 2. The molecule has 2 N–H and O–H groups in total. The highest BCUT2D eigenvalue weighted by Gasteiger charge is 2.18. The molecule has 0 bridgehead atoms. The van der Waals surface area contributed by atoms with E-state index in [1.807, 2.05) is 38.2 Å². The Hall–Kier alpha value is -2.09. The maximum Gasteiger partial charge on any atom is 0.251 e. The molecule has 0 spiro atoms. The lowest BCUT2D eigenvalue weighted by molar-refractivity contribution is 0.0955. The predicted octanol–water partition coefficient (Wildman–Crippen LogP) is 3.19. The van der Waals surface area contributed by atoms with Crippen LogP contribution in [0.5, 0.6) is 0 Å². The smallest absolute Gasteiger partial charge is 0.251 e. The molecule has 1 heterocycles. The number of benzene rings is 2. The third-order valence-electron chi connectivity index (χ3n) is 4.62. The average molecular weight is 478 g/mol. The Kier molecular flexibility index (Phi) is 8.09. The van der Waals surface area contributed by atoms with E-state index in [1.165, 1.54) is 11.1 Å². The first-order chi connectivity index (χ1) is 12.7. The van der Waals surface area contributed by atoms with Gasteiger partial charge in [-0.3, -0.25) is 9.79 Å². The van der Waals surface area contributed by atoms with Crippen molar-refractivity contribution in [2.75, 3.05) is 20.1 Å². The van der Waals surface area contributed by atoms with Crippen molar-refractivity contribution in [1.29, 1.82) is 0 Å². The number of carbonyl (C=O) groups is 1. The molecule has 0 aromatic heterocycles. The van der Waals surface area contributed by atoms with E-state index in [2.05, 4.69) is 44.8 Å². The first-order valence-corrected chi connectivity index (χ1v) is 9.10. The zero-order chi connectivity index (χ0) is 18.4. The van der Waals surface area contributed by atoms with Gasteiger partial charge >= 0.3 is 0 Å². The number of carbonyl (C=O) groups excluding carboxylic acids is 1. The summed E-state index contributed by atoms with van der Waals surface area (Å²) in [4.78, 5) is 18.7. The molecule has 1 aliphatic heterocycles. The number of guanidine groups is 1. The minimum atomic E-state index is -0.0358. The van der Waals surface area contributed by atoms with Crippen LogP contribution < -0.4 is 10.6 Å². The van der Waals surface area contributed by atoms with Crippen molar-refractivity contribution in [3.05, 3.63) is 70.8 Å². The largest absolute Gasteiger partial charge is 0.352 e. The summed E-state index contributed by atoms with van der Waals surface area (Å²) in [6, 6.07) is 16.3. The van der Waals surface area contributed by atoms with Gasteiger partial charge in [0.05, 0.1) is 0 Å². The Labute approximate surface area is 178 Å². The Morgan fingerprint density at radius 1 is 1.11 bits per heavy atom. The van der Waals surface area contributed by atoms with Crippen LogP contribution in [0.1, 0.15) is 34.0 Å². The Balaban J connectivity index is 0.00000261. The lowest BCUT2D eigenvalue weighted by Crippen LogP contribution is -2.43. The molecule has 5 nitrogen and oxygen atoms in total. The van der Waals surface area contributed by atoms with Crippen LogP contribution in [0, 0.1) is 0 Å². The van der Waals surface area contributed by atoms with Crippen molar-refractivity contribution in [3.63, 3.8) is 0 Å². The summed E-state index contributed by atoms with van der Waals surface area (Å²) in [6.45, 7) is 5.01. The van der Waals surface area contributed by atoms with Gasteiger partial charge in [-0.15, -0.1) is 24.0 Å². The van der Waals surface area contributed by atoms with E-state index >= 15 is 0 Å². The van der Waals surface area contributed by atoms with Crippen LogP contribution >= 0.6 is 24.0 Å². The van der Waals surface area contributed by atoms with Gasteiger partial charge in [-0.05, 0) is 42.2 Å². The number of hydrogen-bond acceptors (Lipinski definition) is 2. The fourth-order valence-electron chi connectivity index (χ4n) is 3.28. The molecule has 2 aromatic carbocycles. The highest BCUT2D eigenvalue weighted by molar-refractivity contribution is 14.0. The number of rotatable bonds is 4. The summed E-state index contributed by atoms with van der Waals surface area (Å²) in [5.74, 6) is 0.856. The third-order valence-corrected chi connectivity index (χ3v) is 4.62. The van der Waals surface area contributed by atoms with E-state index in [0.717, 1.165) is 31.0 Å². The van der Waals surface area contributed by atoms with Gasteiger partial charge in [0.2, 0.25) is 0 Å². The van der Waals surface area contributed by atoms with Gasteiger partial charge in [-0.25, -0.2) is 0 Å². The van der Waals surface area contributed by atoms with Crippen molar-refractivity contribution in [3.8, 4) is 0 Å². The lowest BCUT2D eigenvalue weighted by Gasteiger charge is -2.31. The van der Waals surface area contributed by atoms with Crippen molar-refractivity contribution in [2.24, 2.45) is 4.99 Å². The van der Waals surface area contributed by atoms with E-state index in [0.29, 0.717) is 18.7 Å². The molecule has 0 radical (unpaired) electrons. The van der Waals surface area contributed by atoms with Gasteiger partial charge in [0.1, 0.15) is 0 Å².